The lowest BCUT2D eigenvalue weighted by Crippen LogP contribution is -2.01. The van der Waals surface area contributed by atoms with Gasteiger partial charge in [-0.15, -0.1) is 0 Å². The van der Waals surface area contributed by atoms with Gasteiger partial charge in [0.15, 0.2) is 0 Å². The number of hydrogen-bond donors (Lipinski definition) is 0. The van der Waals surface area contributed by atoms with Crippen LogP contribution < -0.4 is 0 Å². The third-order valence-corrected chi connectivity index (χ3v) is 4.48. The Bertz CT molecular complexity index is 766. The van der Waals surface area contributed by atoms with Gasteiger partial charge in [-0.05, 0) is 52.4 Å². The Morgan fingerprint density at radius 2 is 1.81 bits per heavy atom. The van der Waals surface area contributed by atoms with E-state index in [1.54, 1.807) is 12.3 Å². The second kappa shape index (κ2) is 6.38. The average molecular weight is 429 g/mol. The van der Waals surface area contributed by atoms with Crippen LogP contribution in [0.4, 0.5) is 0 Å². The van der Waals surface area contributed by atoms with Crippen molar-refractivity contribution in [2.24, 2.45) is 0 Å². The maximum atomic E-state index is 6.25. The van der Waals surface area contributed by atoms with Gasteiger partial charge in [0.05, 0.1) is 6.54 Å². The van der Waals surface area contributed by atoms with Crippen LogP contribution in [0, 0.1) is 3.57 Å². The van der Waals surface area contributed by atoms with Gasteiger partial charge < -0.3 is 4.57 Å². The van der Waals surface area contributed by atoms with Crippen LogP contribution >= 0.6 is 45.8 Å². The van der Waals surface area contributed by atoms with Crippen molar-refractivity contribution in [2.75, 3.05) is 0 Å². The molecule has 0 bridgehead atoms. The van der Waals surface area contributed by atoms with Crippen LogP contribution in [0.1, 0.15) is 5.56 Å². The molecule has 0 N–H and O–H groups in total. The Kier molecular flexibility index (Phi) is 4.52. The van der Waals surface area contributed by atoms with Gasteiger partial charge in [0, 0.05) is 31.6 Å². The first kappa shape index (κ1) is 14.9. The van der Waals surface area contributed by atoms with Gasteiger partial charge in [0.2, 0.25) is 0 Å². The molecule has 0 aliphatic heterocycles. The van der Waals surface area contributed by atoms with E-state index in [0.29, 0.717) is 16.6 Å². The Morgan fingerprint density at radius 3 is 2.52 bits per heavy atom. The molecule has 5 heteroatoms. The van der Waals surface area contributed by atoms with Gasteiger partial charge in [0.25, 0.3) is 0 Å². The van der Waals surface area contributed by atoms with E-state index in [2.05, 4.69) is 56.4 Å². The van der Waals surface area contributed by atoms with Crippen LogP contribution in [0.5, 0.6) is 0 Å². The highest BCUT2D eigenvalue weighted by Crippen LogP contribution is 2.24. The van der Waals surface area contributed by atoms with Crippen LogP contribution in [0.3, 0.4) is 0 Å². The molecule has 0 aliphatic carbocycles. The van der Waals surface area contributed by atoms with E-state index in [1.165, 1.54) is 3.57 Å². The van der Waals surface area contributed by atoms with Gasteiger partial charge in [-0.1, -0.05) is 41.4 Å². The average Bonchev–Trinajstić information content (AvgIpc) is 2.91. The van der Waals surface area contributed by atoms with Gasteiger partial charge in [-0.2, -0.15) is 0 Å². The number of rotatable bonds is 3. The van der Waals surface area contributed by atoms with E-state index in [1.807, 2.05) is 18.3 Å². The summed E-state index contributed by atoms with van der Waals surface area (Å²) >= 11 is 14.5. The Morgan fingerprint density at radius 1 is 1.05 bits per heavy atom. The van der Waals surface area contributed by atoms with Crippen LogP contribution in [0.25, 0.3) is 11.4 Å². The van der Waals surface area contributed by atoms with Gasteiger partial charge in [-0.3, -0.25) is 0 Å². The van der Waals surface area contributed by atoms with E-state index in [-0.39, 0.29) is 0 Å². The highest BCUT2D eigenvalue weighted by molar-refractivity contribution is 14.1. The zero-order valence-electron chi connectivity index (χ0n) is 10.9. The Labute approximate surface area is 146 Å². The van der Waals surface area contributed by atoms with Gasteiger partial charge in [-0.25, -0.2) is 4.98 Å². The minimum atomic E-state index is 0.646. The van der Waals surface area contributed by atoms with Crippen LogP contribution in [0.15, 0.2) is 54.9 Å². The zero-order valence-corrected chi connectivity index (χ0v) is 14.6. The smallest absolute Gasteiger partial charge is 0.140 e. The monoisotopic (exact) mass is 428 g/mol. The van der Waals surface area contributed by atoms with E-state index in [4.69, 9.17) is 23.2 Å². The zero-order chi connectivity index (χ0) is 14.8. The first-order chi connectivity index (χ1) is 10.1. The molecule has 1 heterocycles. The topological polar surface area (TPSA) is 17.8 Å². The predicted octanol–water partition coefficient (Wildman–Crippen LogP) is 5.51. The summed E-state index contributed by atoms with van der Waals surface area (Å²) in [6.45, 7) is 0.664. The fourth-order valence-corrected chi connectivity index (χ4v) is 2.96. The molecular weight excluding hydrogens is 418 g/mol. The maximum Gasteiger partial charge on any atom is 0.140 e. The molecule has 0 radical (unpaired) electrons. The third-order valence-electron chi connectivity index (χ3n) is 3.17. The van der Waals surface area contributed by atoms with E-state index < -0.39 is 0 Å². The van der Waals surface area contributed by atoms with E-state index >= 15 is 0 Å². The lowest BCUT2D eigenvalue weighted by Gasteiger charge is -2.10. The lowest BCUT2D eigenvalue weighted by molar-refractivity contribution is 0.807. The standard InChI is InChI=1S/C16H11Cl2IN2/c17-13-4-1-12(15(18)9-13)10-21-8-7-20-16(21)11-2-5-14(19)6-3-11/h1-9H,10H2. The minimum absolute atomic E-state index is 0.646. The molecule has 0 amide bonds. The third kappa shape index (κ3) is 3.42. The second-order valence-corrected chi connectivity index (χ2v) is 6.71. The normalized spacial score (nSPS) is 10.8. The molecule has 0 fully saturated rings. The van der Waals surface area contributed by atoms with Crippen LogP contribution in [-0.4, -0.2) is 9.55 Å². The number of nitrogens with zero attached hydrogens (tertiary/aromatic N) is 2. The summed E-state index contributed by atoms with van der Waals surface area (Å²) in [4.78, 5) is 4.45. The van der Waals surface area contributed by atoms with Crippen LogP contribution in [-0.2, 0) is 6.54 Å². The van der Waals surface area contributed by atoms with Gasteiger partial charge in [0.1, 0.15) is 5.82 Å². The highest BCUT2D eigenvalue weighted by atomic mass is 127. The quantitative estimate of drug-likeness (QED) is 0.503. The SMILES string of the molecule is Clc1ccc(Cn2ccnc2-c2ccc(I)cc2)c(Cl)c1. The first-order valence-electron chi connectivity index (χ1n) is 6.34. The minimum Gasteiger partial charge on any atom is -0.327 e. The molecule has 2 nitrogen and oxygen atoms in total. The molecule has 2 aromatic carbocycles. The summed E-state index contributed by atoms with van der Waals surface area (Å²) in [7, 11) is 0. The molecule has 0 saturated heterocycles. The van der Waals surface area contributed by atoms with Crippen molar-refractivity contribution < 1.29 is 0 Å². The summed E-state index contributed by atoms with van der Waals surface area (Å²) in [6.07, 6.45) is 3.76. The Hall–Kier alpha value is -1.04. The first-order valence-corrected chi connectivity index (χ1v) is 8.18. The van der Waals surface area contributed by atoms with Crippen molar-refractivity contribution in [1.29, 1.82) is 0 Å². The molecule has 3 rings (SSSR count). The van der Waals surface area contributed by atoms with Gasteiger partial charge >= 0.3 is 0 Å². The number of imidazole rings is 1. The number of aromatic nitrogens is 2. The Balaban J connectivity index is 1.94. The van der Waals surface area contributed by atoms with Crippen LogP contribution in [0.2, 0.25) is 10.0 Å². The van der Waals surface area contributed by atoms with E-state index in [9.17, 15) is 0 Å². The van der Waals surface area contributed by atoms with Crippen molar-refractivity contribution in [3.8, 4) is 11.4 Å². The molecular formula is C16H11Cl2IN2. The maximum absolute atomic E-state index is 6.25. The fourth-order valence-electron chi connectivity index (χ4n) is 2.13. The van der Waals surface area contributed by atoms with Crippen molar-refractivity contribution in [1.82, 2.24) is 9.55 Å². The lowest BCUT2D eigenvalue weighted by atomic mass is 10.2. The van der Waals surface area contributed by atoms with Crippen molar-refractivity contribution in [3.63, 3.8) is 0 Å². The molecule has 0 atom stereocenters. The molecule has 0 unspecified atom stereocenters. The summed E-state index contributed by atoms with van der Waals surface area (Å²) < 4.78 is 3.28. The fraction of sp³-hybridized carbons (Fsp3) is 0.0625. The second-order valence-electron chi connectivity index (χ2n) is 4.62. The molecule has 0 saturated carbocycles. The number of halogens is 3. The molecule has 3 aromatic rings. The summed E-state index contributed by atoms with van der Waals surface area (Å²) in [5, 5.41) is 1.32. The van der Waals surface area contributed by atoms with Crippen molar-refractivity contribution >= 4 is 45.8 Å². The largest absolute Gasteiger partial charge is 0.327 e. The summed E-state index contributed by atoms with van der Waals surface area (Å²) in [5.74, 6) is 0.928. The molecule has 1 aromatic heterocycles. The van der Waals surface area contributed by atoms with Crippen molar-refractivity contribution in [2.45, 2.75) is 6.54 Å². The molecule has 106 valence electrons. The number of hydrogen-bond acceptors (Lipinski definition) is 1. The molecule has 0 aliphatic rings. The van der Waals surface area contributed by atoms with E-state index in [0.717, 1.165) is 17.0 Å². The number of benzene rings is 2. The summed E-state index contributed by atoms with van der Waals surface area (Å²) in [5.41, 5.74) is 2.11. The molecule has 0 spiro atoms. The predicted molar refractivity (Wildman–Crippen MR) is 95.9 cm³/mol. The highest BCUT2D eigenvalue weighted by Gasteiger charge is 2.08. The van der Waals surface area contributed by atoms with Crippen molar-refractivity contribution in [3.05, 3.63) is 74.0 Å². The summed E-state index contributed by atoms with van der Waals surface area (Å²) in [6, 6.07) is 13.9. The molecule has 21 heavy (non-hydrogen) atoms.